The van der Waals surface area contributed by atoms with Crippen molar-refractivity contribution in [1.29, 1.82) is 0 Å². The molecule has 0 spiro atoms. The van der Waals surface area contributed by atoms with Crippen LogP contribution in [-0.2, 0) is 13.6 Å². The Labute approximate surface area is 126 Å². The van der Waals surface area contributed by atoms with Gasteiger partial charge in [0.2, 0.25) is 0 Å². The highest BCUT2D eigenvalue weighted by Gasteiger charge is 2.24. The molecule has 112 valence electrons. The molecule has 1 aliphatic heterocycles. The van der Waals surface area contributed by atoms with E-state index in [-0.39, 0.29) is 0 Å². The van der Waals surface area contributed by atoms with Crippen LogP contribution in [0.15, 0.2) is 36.8 Å². The average Bonchev–Trinajstić information content (AvgIpc) is 2.93. The maximum Gasteiger partial charge on any atom is 0.128 e. The Morgan fingerprint density at radius 3 is 2.90 bits per heavy atom. The zero-order valence-electron chi connectivity index (χ0n) is 12.8. The number of aryl methyl sites for hydroxylation is 1. The molecule has 2 aromatic heterocycles. The summed E-state index contributed by atoms with van der Waals surface area (Å²) in [5.41, 5.74) is 0. The molecule has 0 aliphatic carbocycles. The number of aromatic nitrogens is 3. The number of likely N-dealkylation sites (N-methyl/N-ethyl adjacent to an activating group) is 1. The summed E-state index contributed by atoms with van der Waals surface area (Å²) in [6, 6.07) is 6.68. The number of hydrogen-bond donors (Lipinski definition) is 0. The van der Waals surface area contributed by atoms with E-state index < -0.39 is 0 Å². The van der Waals surface area contributed by atoms with Gasteiger partial charge in [-0.15, -0.1) is 0 Å². The fourth-order valence-electron chi connectivity index (χ4n) is 2.96. The van der Waals surface area contributed by atoms with Gasteiger partial charge in [0.25, 0.3) is 0 Å². The number of imidazole rings is 1. The minimum Gasteiger partial charge on any atom is -0.355 e. The maximum absolute atomic E-state index is 4.48. The van der Waals surface area contributed by atoms with E-state index in [0.717, 1.165) is 31.3 Å². The quantitative estimate of drug-likeness (QED) is 0.860. The second kappa shape index (κ2) is 6.26. The standard InChI is InChI=1S/C16H23N5/c1-19-11-9-18-16(19)13-20(2)14-6-5-10-21(12-14)15-7-3-4-8-17-15/h3-4,7-9,11,14H,5-6,10,12-13H2,1-2H3/t14-/m0/s1. The van der Waals surface area contributed by atoms with Crippen LogP contribution >= 0.6 is 0 Å². The van der Waals surface area contributed by atoms with Crippen LogP contribution < -0.4 is 4.90 Å². The molecule has 5 heteroatoms. The van der Waals surface area contributed by atoms with Gasteiger partial charge in [-0.25, -0.2) is 9.97 Å². The minimum atomic E-state index is 0.553. The Balaban J connectivity index is 1.64. The van der Waals surface area contributed by atoms with Crippen molar-refractivity contribution in [2.24, 2.45) is 7.05 Å². The molecule has 2 aromatic rings. The van der Waals surface area contributed by atoms with Crippen molar-refractivity contribution in [1.82, 2.24) is 19.4 Å². The molecule has 0 N–H and O–H groups in total. The molecule has 0 saturated carbocycles. The summed E-state index contributed by atoms with van der Waals surface area (Å²) in [5.74, 6) is 2.21. The molecule has 0 amide bonds. The van der Waals surface area contributed by atoms with Crippen LogP contribution in [0.5, 0.6) is 0 Å². The number of piperidine rings is 1. The smallest absolute Gasteiger partial charge is 0.128 e. The molecule has 3 rings (SSSR count). The molecule has 3 heterocycles. The second-order valence-corrected chi connectivity index (χ2v) is 5.80. The lowest BCUT2D eigenvalue weighted by atomic mass is 10.0. The van der Waals surface area contributed by atoms with Crippen LogP contribution in [0, 0.1) is 0 Å². The normalized spacial score (nSPS) is 19.2. The predicted octanol–water partition coefficient (Wildman–Crippen LogP) is 1.92. The Hall–Kier alpha value is -1.88. The summed E-state index contributed by atoms with van der Waals surface area (Å²) in [5, 5.41) is 0. The molecular formula is C16H23N5. The minimum absolute atomic E-state index is 0.553. The van der Waals surface area contributed by atoms with Gasteiger partial charge in [-0.05, 0) is 32.0 Å². The number of pyridine rings is 1. The van der Waals surface area contributed by atoms with E-state index in [2.05, 4.69) is 50.6 Å². The summed E-state index contributed by atoms with van der Waals surface area (Å²) < 4.78 is 2.09. The summed E-state index contributed by atoms with van der Waals surface area (Å²) in [6.07, 6.45) is 8.20. The molecule has 0 bridgehead atoms. The first-order valence-corrected chi connectivity index (χ1v) is 7.56. The summed E-state index contributed by atoms with van der Waals surface area (Å²) in [4.78, 5) is 13.7. The predicted molar refractivity (Wildman–Crippen MR) is 84.1 cm³/mol. The van der Waals surface area contributed by atoms with Gasteiger partial charge in [-0.1, -0.05) is 6.07 Å². The van der Waals surface area contributed by atoms with Crippen LogP contribution in [0.2, 0.25) is 0 Å². The first-order valence-electron chi connectivity index (χ1n) is 7.56. The molecule has 1 aliphatic rings. The third kappa shape index (κ3) is 3.24. The summed E-state index contributed by atoms with van der Waals surface area (Å²) >= 11 is 0. The molecule has 0 unspecified atom stereocenters. The van der Waals surface area contributed by atoms with Crippen LogP contribution in [0.1, 0.15) is 18.7 Å². The third-order valence-corrected chi connectivity index (χ3v) is 4.30. The van der Waals surface area contributed by atoms with Gasteiger partial charge >= 0.3 is 0 Å². The molecular weight excluding hydrogens is 262 g/mol. The van der Waals surface area contributed by atoms with Crippen molar-refractivity contribution in [2.45, 2.75) is 25.4 Å². The lowest BCUT2D eigenvalue weighted by Gasteiger charge is -2.38. The van der Waals surface area contributed by atoms with Gasteiger partial charge in [0.05, 0.1) is 6.54 Å². The number of nitrogens with zero attached hydrogens (tertiary/aromatic N) is 5. The fourth-order valence-corrected chi connectivity index (χ4v) is 2.96. The van der Waals surface area contributed by atoms with Gasteiger partial charge in [0, 0.05) is 44.8 Å². The Bertz CT molecular complexity index is 565. The Morgan fingerprint density at radius 2 is 2.19 bits per heavy atom. The van der Waals surface area contributed by atoms with Crippen molar-refractivity contribution in [3.8, 4) is 0 Å². The highest BCUT2D eigenvalue weighted by molar-refractivity contribution is 5.38. The van der Waals surface area contributed by atoms with Crippen molar-refractivity contribution in [3.05, 3.63) is 42.6 Å². The van der Waals surface area contributed by atoms with Gasteiger partial charge in [-0.3, -0.25) is 4.90 Å². The van der Waals surface area contributed by atoms with Crippen molar-refractivity contribution in [3.63, 3.8) is 0 Å². The van der Waals surface area contributed by atoms with Gasteiger partial charge < -0.3 is 9.47 Å². The highest BCUT2D eigenvalue weighted by Crippen LogP contribution is 2.20. The molecule has 0 aromatic carbocycles. The van der Waals surface area contributed by atoms with Crippen LogP contribution in [-0.4, -0.2) is 45.6 Å². The summed E-state index contributed by atoms with van der Waals surface area (Å²) in [7, 11) is 4.25. The molecule has 1 atom stereocenters. The number of hydrogen-bond acceptors (Lipinski definition) is 4. The zero-order chi connectivity index (χ0) is 14.7. The van der Waals surface area contributed by atoms with Crippen LogP contribution in [0.4, 0.5) is 5.82 Å². The van der Waals surface area contributed by atoms with E-state index in [1.165, 1.54) is 12.8 Å². The Morgan fingerprint density at radius 1 is 1.29 bits per heavy atom. The molecule has 21 heavy (non-hydrogen) atoms. The van der Waals surface area contributed by atoms with E-state index >= 15 is 0 Å². The Kier molecular flexibility index (Phi) is 4.20. The highest BCUT2D eigenvalue weighted by atomic mass is 15.3. The van der Waals surface area contributed by atoms with Crippen molar-refractivity contribution < 1.29 is 0 Å². The van der Waals surface area contributed by atoms with Crippen LogP contribution in [0.3, 0.4) is 0 Å². The van der Waals surface area contributed by atoms with E-state index in [4.69, 9.17) is 0 Å². The third-order valence-electron chi connectivity index (χ3n) is 4.30. The topological polar surface area (TPSA) is 37.2 Å². The monoisotopic (exact) mass is 285 g/mol. The summed E-state index contributed by atoms with van der Waals surface area (Å²) in [6.45, 7) is 3.03. The van der Waals surface area contributed by atoms with E-state index in [1.54, 1.807) is 0 Å². The van der Waals surface area contributed by atoms with Gasteiger partial charge in [0.15, 0.2) is 0 Å². The second-order valence-electron chi connectivity index (χ2n) is 5.80. The largest absolute Gasteiger partial charge is 0.355 e. The first kappa shape index (κ1) is 14.1. The average molecular weight is 285 g/mol. The van der Waals surface area contributed by atoms with E-state index in [9.17, 15) is 0 Å². The molecule has 1 saturated heterocycles. The van der Waals surface area contributed by atoms with Gasteiger partial charge in [0.1, 0.15) is 11.6 Å². The van der Waals surface area contributed by atoms with Crippen molar-refractivity contribution in [2.75, 3.05) is 25.0 Å². The SMILES string of the molecule is CN(Cc1nccn1C)[C@H]1CCCN(c2ccccn2)C1. The first-order chi connectivity index (χ1) is 10.2. The van der Waals surface area contributed by atoms with Gasteiger partial charge in [-0.2, -0.15) is 0 Å². The van der Waals surface area contributed by atoms with E-state index in [0.29, 0.717) is 6.04 Å². The molecule has 1 fully saturated rings. The molecule has 0 radical (unpaired) electrons. The zero-order valence-corrected chi connectivity index (χ0v) is 12.8. The van der Waals surface area contributed by atoms with Crippen molar-refractivity contribution >= 4 is 5.82 Å². The molecule has 5 nitrogen and oxygen atoms in total. The number of anilines is 1. The lowest BCUT2D eigenvalue weighted by Crippen LogP contribution is -2.46. The maximum atomic E-state index is 4.48. The van der Waals surface area contributed by atoms with Crippen LogP contribution in [0.25, 0.3) is 0 Å². The lowest BCUT2D eigenvalue weighted by molar-refractivity contribution is 0.201. The number of rotatable bonds is 4. The fraction of sp³-hybridized carbons (Fsp3) is 0.500. The van der Waals surface area contributed by atoms with E-state index in [1.807, 2.05) is 24.7 Å².